The minimum absolute atomic E-state index is 0.00478. The Balaban J connectivity index is 1.79. The molecule has 4 rings (SSSR count). The lowest BCUT2D eigenvalue weighted by Crippen LogP contribution is -2.55. The van der Waals surface area contributed by atoms with E-state index >= 15 is 0 Å². The molecule has 27 heavy (non-hydrogen) atoms. The third-order valence-electron chi connectivity index (χ3n) is 6.80. The zero-order chi connectivity index (χ0) is 19.0. The quantitative estimate of drug-likeness (QED) is 0.815. The van der Waals surface area contributed by atoms with Gasteiger partial charge in [0.15, 0.2) is 0 Å². The van der Waals surface area contributed by atoms with Crippen molar-refractivity contribution in [3.8, 4) is 0 Å². The zero-order valence-corrected chi connectivity index (χ0v) is 16.6. The van der Waals surface area contributed by atoms with Gasteiger partial charge in [-0.1, -0.05) is 43.2 Å². The second-order valence-corrected chi connectivity index (χ2v) is 8.33. The Labute approximate surface area is 162 Å². The fourth-order valence-corrected chi connectivity index (χ4v) is 5.07. The predicted molar refractivity (Wildman–Crippen MR) is 106 cm³/mol. The van der Waals surface area contributed by atoms with Crippen LogP contribution in [0.1, 0.15) is 61.1 Å². The minimum atomic E-state index is -0.00478. The predicted octanol–water partition coefficient (Wildman–Crippen LogP) is 3.64. The first kappa shape index (κ1) is 18.2. The zero-order valence-electron chi connectivity index (χ0n) is 16.6. The first-order chi connectivity index (χ1) is 13.0. The van der Waals surface area contributed by atoms with Crippen LogP contribution in [-0.2, 0) is 7.05 Å². The summed E-state index contributed by atoms with van der Waals surface area (Å²) in [5.41, 5.74) is 1.90. The third-order valence-corrected chi connectivity index (χ3v) is 6.80. The Kier molecular flexibility index (Phi) is 4.81. The van der Waals surface area contributed by atoms with E-state index in [0.717, 1.165) is 19.4 Å². The van der Waals surface area contributed by atoms with E-state index in [0.29, 0.717) is 5.69 Å². The SMILES string of the molecule is CN1CCCCC[C@@H]2N(C(=O)c3ccnn3C)[C@H](c3ccccc3)C[C@@]21C. The summed E-state index contributed by atoms with van der Waals surface area (Å²) in [6, 6.07) is 12.7. The lowest BCUT2D eigenvalue weighted by molar-refractivity contribution is 0.0444. The van der Waals surface area contributed by atoms with E-state index in [2.05, 4.69) is 53.1 Å². The largest absolute Gasteiger partial charge is 0.325 e. The van der Waals surface area contributed by atoms with Crippen LogP contribution in [0.2, 0.25) is 0 Å². The number of hydrogen-bond acceptors (Lipinski definition) is 3. The van der Waals surface area contributed by atoms with Crippen molar-refractivity contribution in [2.24, 2.45) is 7.05 Å². The van der Waals surface area contributed by atoms with E-state index < -0.39 is 0 Å². The highest BCUT2D eigenvalue weighted by Crippen LogP contribution is 2.48. The maximum Gasteiger partial charge on any atom is 0.272 e. The number of likely N-dealkylation sites (N-methyl/N-ethyl adjacent to an activating group) is 1. The molecule has 0 radical (unpaired) electrons. The highest BCUT2D eigenvalue weighted by molar-refractivity contribution is 5.93. The lowest BCUT2D eigenvalue weighted by Gasteiger charge is -2.43. The van der Waals surface area contributed by atoms with E-state index in [4.69, 9.17) is 0 Å². The molecule has 0 aliphatic carbocycles. The highest BCUT2D eigenvalue weighted by atomic mass is 16.2. The normalized spacial score (nSPS) is 29.2. The summed E-state index contributed by atoms with van der Waals surface area (Å²) in [5, 5.41) is 4.24. The molecule has 2 fully saturated rings. The van der Waals surface area contributed by atoms with Gasteiger partial charge in [-0.2, -0.15) is 5.10 Å². The van der Waals surface area contributed by atoms with Gasteiger partial charge in [-0.15, -0.1) is 0 Å². The number of carbonyl (C=O) groups excluding carboxylic acids is 1. The van der Waals surface area contributed by atoms with Crippen molar-refractivity contribution in [1.82, 2.24) is 19.6 Å². The van der Waals surface area contributed by atoms with Crippen molar-refractivity contribution in [1.29, 1.82) is 0 Å². The van der Waals surface area contributed by atoms with Gasteiger partial charge in [0.2, 0.25) is 0 Å². The summed E-state index contributed by atoms with van der Waals surface area (Å²) < 4.78 is 1.70. The molecule has 2 aliphatic heterocycles. The van der Waals surface area contributed by atoms with Crippen LogP contribution in [0, 0.1) is 0 Å². The Bertz CT molecular complexity index is 802. The summed E-state index contributed by atoms with van der Waals surface area (Å²) in [6.45, 7) is 3.46. The first-order valence-corrected chi connectivity index (χ1v) is 10.1. The number of hydrogen-bond donors (Lipinski definition) is 0. The molecule has 1 aromatic carbocycles. The molecule has 3 atom stereocenters. The van der Waals surface area contributed by atoms with Crippen molar-refractivity contribution in [2.75, 3.05) is 13.6 Å². The Morgan fingerprint density at radius 3 is 2.59 bits per heavy atom. The number of rotatable bonds is 2. The molecule has 2 saturated heterocycles. The second kappa shape index (κ2) is 7.12. The molecule has 0 saturated carbocycles. The summed E-state index contributed by atoms with van der Waals surface area (Å²) in [5.74, 6) is 0.103. The smallest absolute Gasteiger partial charge is 0.272 e. The molecular formula is C22H30N4O. The van der Waals surface area contributed by atoms with Crippen molar-refractivity contribution >= 4 is 5.91 Å². The number of aromatic nitrogens is 2. The number of aryl methyl sites for hydroxylation is 1. The molecule has 144 valence electrons. The van der Waals surface area contributed by atoms with Crippen LogP contribution in [0.25, 0.3) is 0 Å². The summed E-state index contributed by atoms with van der Waals surface area (Å²) in [7, 11) is 4.09. The van der Waals surface area contributed by atoms with Crippen LogP contribution in [0.3, 0.4) is 0 Å². The van der Waals surface area contributed by atoms with Crippen LogP contribution in [0.4, 0.5) is 0 Å². The molecule has 0 spiro atoms. The monoisotopic (exact) mass is 366 g/mol. The third kappa shape index (κ3) is 3.08. The van der Waals surface area contributed by atoms with Gasteiger partial charge >= 0.3 is 0 Å². The molecule has 0 unspecified atom stereocenters. The fourth-order valence-electron chi connectivity index (χ4n) is 5.07. The van der Waals surface area contributed by atoms with Crippen molar-refractivity contribution < 1.29 is 4.79 Å². The number of amides is 1. The van der Waals surface area contributed by atoms with E-state index in [1.54, 1.807) is 10.9 Å². The Morgan fingerprint density at radius 1 is 1.11 bits per heavy atom. The van der Waals surface area contributed by atoms with Gasteiger partial charge in [-0.3, -0.25) is 14.4 Å². The van der Waals surface area contributed by atoms with E-state index in [-0.39, 0.29) is 23.5 Å². The molecule has 5 nitrogen and oxygen atoms in total. The van der Waals surface area contributed by atoms with Crippen LogP contribution in [-0.4, -0.2) is 50.7 Å². The average Bonchev–Trinajstić information content (AvgIpc) is 3.22. The average molecular weight is 367 g/mol. The lowest BCUT2D eigenvalue weighted by atomic mass is 9.84. The van der Waals surface area contributed by atoms with E-state index in [1.807, 2.05) is 19.2 Å². The van der Waals surface area contributed by atoms with Gasteiger partial charge in [0.25, 0.3) is 5.91 Å². The summed E-state index contributed by atoms with van der Waals surface area (Å²) >= 11 is 0. The Morgan fingerprint density at radius 2 is 1.89 bits per heavy atom. The fraction of sp³-hybridized carbons (Fsp3) is 0.545. The van der Waals surface area contributed by atoms with Crippen molar-refractivity contribution in [2.45, 2.75) is 56.7 Å². The molecule has 0 bridgehead atoms. The number of likely N-dealkylation sites (tertiary alicyclic amines) is 2. The molecule has 2 aromatic rings. The molecular weight excluding hydrogens is 336 g/mol. The number of carbonyl (C=O) groups is 1. The van der Waals surface area contributed by atoms with Crippen molar-refractivity contribution in [3.05, 3.63) is 53.9 Å². The molecule has 3 heterocycles. The van der Waals surface area contributed by atoms with Gasteiger partial charge in [-0.05, 0) is 51.4 Å². The maximum absolute atomic E-state index is 13.7. The van der Waals surface area contributed by atoms with Crippen molar-refractivity contribution in [3.63, 3.8) is 0 Å². The highest BCUT2D eigenvalue weighted by Gasteiger charge is 2.53. The molecule has 2 aliphatic rings. The minimum Gasteiger partial charge on any atom is -0.325 e. The van der Waals surface area contributed by atoms with E-state index in [9.17, 15) is 4.79 Å². The van der Waals surface area contributed by atoms with Crippen LogP contribution in [0.5, 0.6) is 0 Å². The topological polar surface area (TPSA) is 41.4 Å². The number of nitrogens with zero attached hydrogens (tertiary/aromatic N) is 4. The number of fused-ring (bicyclic) bond motifs is 1. The van der Waals surface area contributed by atoms with Gasteiger partial charge < -0.3 is 4.90 Å². The van der Waals surface area contributed by atoms with Crippen LogP contribution < -0.4 is 0 Å². The molecule has 5 heteroatoms. The first-order valence-electron chi connectivity index (χ1n) is 10.1. The maximum atomic E-state index is 13.7. The Hall–Kier alpha value is -2.14. The number of benzene rings is 1. The molecule has 1 amide bonds. The molecule has 0 N–H and O–H groups in total. The second-order valence-electron chi connectivity index (χ2n) is 8.33. The van der Waals surface area contributed by atoms with Gasteiger partial charge in [-0.25, -0.2) is 0 Å². The van der Waals surface area contributed by atoms with Crippen LogP contribution >= 0.6 is 0 Å². The summed E-state index contributed by atoms with van der Waals surface area (Å²) in [6.07, 6.45) is 7.41. The summed E-state index contributed by atoms with van der Waals surface area (Å²) in [4.78, 5) is 18.3. The molecule has 1 aromatic heterocycles. The van der Waals surface area contributed by atoms with E-state index in [1.165, 1.54) is 24.8 Å². The van der Waals surface area contributed by atoms with Gasteiger partial charge in [0, 0.05) is 18.8 Å². The van der Waals surface area contributed by atoms with Gasteiger partial charge in [0.05, 0.1) is 12.1 Å². The van der Waals surface area contributed by atoms with Gasteiger partial charge in [0.1, 0.15) is 5.69 Å². The van der Waals surface area contributed by atoms with Crippen LogP contribution in [0.15, 0.2) is 42.6 Å². The standard InChI is InChI=1S/C22H30N4O/c1-22-16-19(17-10-6-4-7-11-17)26(21(27)18-13-14-23-25(18)3)20(22)12-8-5-9-15-24(22)2/h4,6-7,10-11,13-14,19-20H,5,8-9,12,15-16H2,1-3H3/t19-,20-,22-/m0/s1.